The van der Waals surface area contributed by atoms with Crippen LogP contribution >= 0.6 is 11.3 Å². The van der Waals surface area contributed by atoms with E-state index in [1.165, 1.54) is 6.92 Å². The number of carboxylic acid groups (broad SMARTS) is 1. The lowest BCUT2D eigenvalue weighted by Gasteiger charge is -2.28. The van der Waals surface area contributed by atoms with E-state index in [-0.39, 0.29) is 28.8 Å². The number of halogens is 5. The first-order chi connectivity index (χ1) is 13.9. The molecular weight excluding hydrogens is 437 g/mol. The lowest BCUT2D eigenvalue weighted by atomic mass is 9.92. The van der Waals surface area contributed by atoms with Crippen LogP contribution in [0.5, 0.6) is 5.06 Å². The van der Waals surface area contributed by atoms with Gasteiger partial charge in [-0.15, -0.1) is 11.3 Å². The Morgan fingerprint density at radius 2 is 2.07 bits per heavy atom. The second kappa shape index (κ2) is 7.74. The molecule has 1 aromatic rings. The maximum atomic E-state index is 14.5. The molecule has 1 unspecified atom stereocenters. The third kappa shape index (κ3) is 3.78. The maximum absolute atomic E-state index is 14.5. The van der Waals surface area contributed by atoms with E-state index in [4.69, 9.17) is 5.11 Å². The summed E-state index contributed by atoms with van der Waals surface area (Å²) < 4.78 is 69.2. The Hall–Kier alpha value is -2.89. The number of carbonyl (C=O) groups is 2. The monoisotopic (exact) mass is 451 g/mol. The van der Waals surface area contributed by atoms with Gasteiger partial charge in [-0.05, 0) is 25.0 Å². The normalized spacial score (nSPS) is 19.4. The Morgan fingerprint density at radius 1 is 1.40 bits per heavy atom. The van der Waals surface area contributed by atoms with Gasteiger partial charge in [0.2, 0.25) is 0 Å². The third-order valence-electron chi connectivity index (χ3n) is 4.62. The smallest absolute Gasteiger partial charge is 0.461 e. The summed E-state index contributed by atoms with van der Waals surface area (Å²) in [4.78, 5) is 25.3. The summed E-state index contributed by atoms with van der Waals surface area (Å²) in [6.45, 7) is 1.39. The van der Waals surface area contributed by atoms with Crippen LogP contribution in [-0.2, 0) is 4.79 Å². The number of allylic oxidation sites excluding steroid dienone is 2. The number of aliphatic carboxylic acids is 1. The summed E-state index contributed by atoms with van der Waals surface area (Å²) in [5.41, 5.74) is -0.199. The first-order valence-electron chi connectivity index (χ1n) is 8.42. The molecule has 30 heavy (non-hydrogen) atoms. The minimum absolute atomic E-state index is 0.00827. The number of carbonyl (C=O) groups excluding carboxylic acids is 1. The number of ether oxygens (including phenoxy) is 1. The largest absolute Gasteiger partial charge is 0.505 e. The van der Waals surface area contributed by atoms with Crippen LogP contribution in [-0.4, -0.2) is 45.6 Å². The number of carboxylic acids is 1. The van der Waals surface area contributed by atoms with Gasteiger partial charge in [0.25, 0.3) is 5.91 Å². The van der Waals surface area contributed by atoms with Gasteiger partial charge in [-0.25, -0.2) is 4.39 Å². The number of amides is 1. The molecule has 0 saturated carbocycles. The molecule has 2 heterocycles. The van der Waals surface area contributed by atoms with Gasteiger partial charge >= 0.3 is 18.5 Å². The highest BCUT2D eigenvalue weighted by Crippen LogP contribution is 2.44. The van der Waals surface area contributed by atoms with Crippen molar-refractivity contribution in [2.75, 3.05) is 0 Å². The fourth-order valence-corrected chi connectivity index (χ4v) is 4.09. The van der Waals surface area contributed by atoms with E-state index in [2.05, 4.69) is 4.74 Å². The molecule has 0 radical (unpaired) electrons. The highest BCUT2D eigenvalue weighted by atomic mass is 32.1. The average Bonchev–Trinajstić information content (AvgIpc) is 3.20. The minimum Gasteiger partial charge on any atom is -0.505 e. The summed E-state index contributed by atoms with van der Waals surface area (Å²) in [5, 5.41) is 19.3. The highest BCUT2D eigenvalue weighted by Gasteiger charge is 2.45. The molecular formula is C18H14F5NO5S. The molecule has 1 amide bonds. The number of alkyl halides is 4. The van der Waals surface area contributed by atoms with Crippen molar-refractivity contribution in [2.45, 2.75) is 38.3 Å². The van der Waals surface area contributed by atoms with Gasteiger partial charge in [-0.3, -0.25) is 9.59 Å². The molecule has 2 N–H and O–H groups in total. The number of thiophene rings is 1. The average molecular weight is 451 g/mol. The van der Waals surface area contributed by atoms with Gasteiger partial charge in [-0.2, -0.15) is 17.6 Å². The molecule has 1 atom stereocenters. The molecule has 0 aromatic carbocycles. The van der Waals surface area contributed by atoms with Gasteiger partial charge in [0.1, 0.15) is 5.76 Å². The van der Waals surface area contributed by atoms with Crippen molar-refractivity contribution in [3.8, 4) is 5.06 Å². The fourth-order valence-electron chi connectivity index (χ4n) is 3.33. The van der Waals surface area contributed by atoms with Crippen molar-refractivity contribution < 1.29 is 46.5 Å². The Labute approximate surface area is 170 Å². The lowest BCUT2D eigenvalue weighted by Crippen LogP contribution is -2.36. The minimum atomic E-state index is -4.74. The quantitative estimate of drug-likeness (QED) is 0.616. The van der Waals surface area contributed by atoms with Gasteiger partial charge in [0.05, 0.1) is 18.0 Å². The fraction of sp³-hybridized carbons (Fsp3) is 0.333. The molecule has 3 rings (SSSR count). The van der Waals surface area contributed by atoms with E-state index < -0.39 is 53.5 Å². The van der Waals surface area contributed by atoms with Crippen LogP contribution in [0, 0.1) is 0 Å². The molecule has 0 fully saturated rings. The van der Waals surface area contributed by atoms with E-state index in [1.54, 1.807) is 0 Å². The van der Waals surface area contributed by atoms with Crippen LogP contribution in [0.2, 0.25) is 0 Å². The standard InChI is InChI=1S/C18H14F5NO5S/c1-7-9(5-12(26)27)14-10(2-3-11(25)15(14)19)24(7)16(28)8-4-13(30-6-8)29-18(22,23)17(20)21/h3-4,6,10,17,25H,2,5H2,1H3,(H,26,27). The topological polar surface area (TPSA) is 87.1 Å². The van der Waals surface area contributed by atoms with Crippen LogP contribution in [0.3, 0.4) is 0 Å². The van der Waals surface area contributed by atoms with Crippen molar-refractivity contribution >= 4 is 23.2 Å². The van der Waals surface area contributed by atoms with E-state index in [0.717, 1.165) is 22.4 Å². The molecule has 1 aliphatic carbocycles. The summed E-state index contributed by atoms with van der Waals surface area (Å²) in [6, 6.07) is -0.101. The van der Waals surface area contributed by atoms with Crippen LogP contribution in [0.15, 0.2) is 46.0 Å². The zero-order chi connectivity index (χ0) is 22.4. The first kappa shape index (κ1) is 21.8. The summed E-state index contributed by atoms with van der Waals surface area (Å²) >= 11 is 0.493. The molecule has 0 bridgehead atoms. The summed E-state index contributed by atoms with van der Waals surface area (Å²) in [5.74, 6) is -3.80. The van der Waals surface area contributed by atoms with Crippen molar-refractivity contribution in [3.63, 3.8) is 0 Å². The second-order valence-corrected chi connectivity index (χ2v) is 7.37. The maximum Gasteiger partial charge on any atom is 0.461 e. The zero-order valence-corrected chi connectivity index (χ0v) is 16.0. The molecule has 2 aliphatic rings. The first-order valence-corrected chi connectivity index (χ1v) is 9.30. The van der Waals surface area contributed by atoms with Crippen LogP contribution in [0.4, 0.5) is 22.0 Å². The second-order valence-electron chi connectivity index (χ2n) is 6.50. The molecule has 162 valence electrons. The van der Waals surface area contributed by atoms with E-state index >= 15 is 0 Å². The number of aliphatic hydroxyl groups is 1. The molecule has 0 saturated heterocycles. The van der Waals surface area contributed by atoms with Crippen molar-refractivity contribution in [1.29, 1.82) is 0 Å². The molecule has 6 nitrogen and oxygen atoms in total. The van der Waals surface area contributed by atoms with Crippen molar-refractivity contribution in [2.24, 2.45) is 0 Å². The summed E-state index contributed by atoms with van der Waals surface area (Å²) in [7, 11) is 0. The third-order valence-corrected chi connectivity index (χ3v) is 5.43. The van der Waals surface area contributed by atoms with Crippen LogP contribution in [0.25, 0.3) is 0 Å². The Kier molecular flexibility index (Phi) is 5.63. The van der Waals surface area contributed by atoms with Gasteiger partial charge in [0, 0.05) is 22.7 Å². The number of nitrogens with zero attached hydrogens (tertiary/aromatic N) is 1. The zero-order valence-electron chi connectivity index (χ0n) is 15.2. The highest BCUT2D eigenvalue weighted by molar-refractivity contribution is 7.12. The molecule has 12 heteroatoms. The Balaban J connectivity index is 1.95. The van der Waals surface area contributed by atoms with Crippen LogP contribution < -0.4 is 4.74 Å². The predicted octanol–water partition coefficient (Wildman–Crippen LogP) is 4.63. The Morgan fingerprint density at radius 3 is 2.67 bits per heavy atom. The number of hydrogen-bond donors (Lipinski definition) is 2. The number of aliphatic hydroxyl groups excluding tert-OH is 1. The SMILES string of the molecule is CC1=C(CC(=O)O)C2=C(F)C(O)=CCC2N1C(=O)c1csc(OC(F)(F)C(F)F)c1. The van der Waals surface area contributed by atoms with Crippen LogP contribution in [0.1, 0.15) is 30.1 Å². The van der Waals surface area contributed by atoms with Gasteiger partial charge < -0.3 is 19.8 Å². The van der Waals surface area contributed by atoms with E-state index in [0.29, 0.717) is 11.3 Å². The van der Waals surface area contributed by atoms with Crippen molar-refractivity contribution in [1.82, 2.24) is 4.90 Å². The molecule has 1 aromatic heterocycles. The predicted molar refractivity (Wildman–Crippen MR) is 94.3 cm³/mol. The molecule has 1 aliphatic heterocycles. The number of fused-ring (bicyclic) bond motifs is 1. The van der Waals surface area contributed by atoms with E-state index in [1.807, 2.05) is 0 Å². The van der Waals surface area contributed by atoms with Gasteiger partial charge in [-0.1, -0.05) is 0 Å². The van der Waals surface area contributed by atoms with E-state index in [9.17, 15) is 36.6 Å². The van der Waals surface area contributed by atoms with Crippen molar-refractivity contribution in [3.05, 3.63) is 51.5 Å². The van der Waals surface area contributed by atoms with Gasteiger partial charge in [0.15, 0.2) is 10.9 Å². The lowest BCUT2D eigenvalue weighted by molar-refractivity contribution is -0.251. The number of hydrogen-bond acceptors (Lipinski definition) is 5. The summed E-state index contributed by atoms with van der Waals surface area (Å²) in [6.07, 6.45) is -8.31. The number of rotatable bonds is 6. The molecule has 0 spiro atoms. The Bertz CT molecular complexity index is 997.